The Morgan fingerprint density at radius 2 is 2.00 bits per heavy atom. The summed E-state index contributed by atoms with van der Waals surface area (Å²) in [6, 6.07) is 4.56. The van der Waals surface area contributed by atoms with Gasteiger partial charge in [0.05, 0.1) is 12.5 Å². The van der Waals surface area contributed by atoms with Crippen LogP contribution >= 0.6 is 0 Å². The molecule has 0 spiro atoms. The summed E-state index contributed by atoms with van der Waals surface area (Å²) in [4.78, 5) is 25.3. The molecule has 0 saturated heterocycles. The maximum absolute atomic E-state index is 12.9. The van der Waals surface area contributed by atoms with Gasteiger partial charge in [-0.3, -0.25) is 14.5 Å². The molecule has 1 aromatic carbocycles. The number of carbonyl (C=O) groups excluding carboxylic acids is 2. The van der Waals surface area contributed by atoms with E-state index in [0.717, 1.165) is 4.90 Å². The summed E-state index contributed by atoms with van der Waals surface area (Å²) in [5, 5.41) is 0. The van der Waals surface area contributed by atoms with Crippen molar-refractivity contribution in [3.05, 3.63) is 29.3 Å². The van der Waals surface area contributed by atoms with Crippen LogP contribution in [-0.2, 0) is 10.2 Å². The fourth-order valence-corrected chi connectivity index (χ4v) is 2.56. The van der Waals surface area contributed by atoms with Crippen molar-refractivity contribution in [1.82, 2.24) is 4.90 Å². The maximum Gasteiger partial charge on any atom is 0.260 e. The van der Waals surface area contributed by atoms with Gasteiger partial charge in [0.25, 0.3) is 5.91 Å². The third-order valence-corrected chi connectivity index (χ3v) is 3.70. The number of rotatable bonds is 3. The number of amides is 2. The molecule has 20 heavy (non-hydrogen) atoms. The normalized spacial score (nSPS) is 22.2. The first-order chi connectivity index (χ1) is 9.31. The lowest BCUT2D eigenvalue weighted by Crippen LogP contribution is -2.52. The molecule has 2 amide bonds. The number of halogens is 2. The van der Waals surface area contributed by atoms with Crippen LogP contribution < -0.4 is 4.74 Å². The number of alkyl halides is 2. The highest BCUT2D eigenvalue weighted by atomic mass is 19.3. The molecule has 1 unspecified atom stereocenters. The number of fused-ring (bicyclic) bond motifs is 1. The first-order valence-corrected chi connectivity index (χ1v) is 6.10. The van der Waals surface area contributed by atoms with Gasteiger partial charge in [-0.2, -0.15) is 0 Å². The fourth-order valence-electron chi connectivity index (χ4n) is 2.56. The Hall–Kier alpha value is -1.98. The van der Waals surface area contributed by atoms with Crippen molar-refractivity contribution in [2.75, 3.05) is 14.2 Å². The molecule has 0 radical (unpaired) electrons. The average molecular weight is 283 g/mol. The Labute approximate surface area is 115 Å². The van der Waals surface area contributed by atoms with E-state index in [0.29, 0.717) is 11.3 Å². The number of benzene rings is 1. The van der Waals surface area contributed by atoms with E-state index >= 15 is 0 Å². The van der Waals surface area contributed by atoms with Crippen LogP contribution in [0.15, 0.2) is 18.2 Å². The SMILES string of the molecule is COc1ccc2c(c1)C(C)(CC(F)F)C(=O)N(C)C2=O. The zero-order valence-electron chi connectivity index (χ0n) is 11.4. The summed E-state index contributed by atoms with van der Waals surface area (Å²) >= 11 is 0. The van der Waals surface area contributed by atoms with Crippen LogP contribution in [0.5, 0.6) is 5.75 Å². The second-order valence-corrected chi connectivity index (χ2v) is 5.01. The van der Waals surface area contributed by atoms with Gasteiger partial charge in [-0.25, -0.2) is 8.78 Å². The molecule has 0 bridgehead atoms. The number of likely N-dealkylation sites (N-methyl/N-ethyl adjacent to an activating group) is 1. The van der Waals surface area contributed by atoms with Gasteiger partial charge in [-0.15, -0.1) is 0 Å². The number of nitrogens with zero attached hydrogens (tertiary/aromatic N) is 1. The summed E-state index contributed by atoms with van der Waals surface area (Å²) in [6.45, 7) is 1.43. The molecule has 0 aliphatic carbocycles. The van der Waals surface area contributed by atoms with E-state index in [1.807, 2.05) is 0 Å². The minimum Gasteiger partial charge on any atom is -0.497 e. The van der Waals surface area contributed by atoms with Gasteiger partial charge in [0, 0.05) is 19.0 Å². The number of imide groups is 1. The quantitative estimate of drug-likeness (QED) is 0.799. The predicted octanol–water partition coefficient (Wildman–Crippen LogP) is 2.22. The predicted molar refractivity (Wildman–Crippen MR) is 68.1 cm³/mol. The molecule has 0 aromatic heterocycles. The standard InChI is InChI=1S/C14H15F2NO3/c1-14(7-11(15)16)10-6-8(20-3)4-5-9(10)12(18)17(2)13(14)19/h4-6,11H,7H2,1-3H3. The van der Waals surface area contributed by atoms with Gasteiger partial charge in [0.15, 0.2) is 0 Å². The van der Waals surface area contributed by atoms with E-state index in [-0.39, 0.29) is 5.56 Å². The average Bonchev–Trinajstić information content (AvgIpc) is 2.42. The van der Waals surface area contributed by atoms with Gasteiger partial charge in [0.1, 0.15) is 5.75 Å². The summed E-state index contributed by atoms with van der Waals surface area (Å²) in [6.07, 6.45) is -3.28. The molecule has 1 atom stereocenters. The largest absolute Gasteiger partial charge is 0.497 e. The summed E-state index contributed by atoms with van der Waals surface area (Å²) in [5.41, 5.74) is -0.873. The van der Waals surface area contributed by atoms with E-state index < -0.39 is 30.1 Å². The second-order valence-electron chi connectivity index (χ2n) is 5.01. The highest BCUT2D eigenvalue weighted by Crippen LogP contribution is 2.40. The van der Waals surface area contributed by atoms with E-state index in [2.05, 4.69) is 0 Å². The monoisotopic (exact) mass is 283 g/mol. The molecule has 1 aliphatic heterocycles. The maximum atomic E-state index is 12.9. The molecular formula is C14H15F2NO3. The summed E-state index contributed by atoms with van der Waals surface area (Å²) < 4.78 is 30.8. The molecule has 0 fully saturated rings. The van der Waals surface area contributed by atoms with Crippen molar-refractivity contribution in [2.24, 2.45) is 0 Å². The highest BCUT2D eigenvalue weighted by Gasteiger charge is 2.47. The lowest BCUT2D eigenvalue weighted by atomic mass is 9.73. The van der Waals surface area contributed by atoms with Gasteiger partial charge in [-0.1, -0.05) is 0 Å². The fraction of sp³-hybridized carbons (Fsp3) is 0.429. The molecule has 1 heterocycles. The van der Waals surface area contributed by atoms with E-state index in [9.17, 15) is 18.4 Å². The first kappa shape index (κ1) is 14.4. The number of hydrogen-bond donors (Lipinski definition) is 0. The molecule has 2 rings (SSSR count). The third kappa shape index (κ3) is 2.05. The summed E-state index contributed by atoms with van der Waals surface area (Å²) in [7, 11) is 2.74. The van der Waals surface area contributed by atoms with Gasteiger partial charge in [0.2, 0.25) is 12.3 Å². The van der Waals surface area contributed by atoms with Crippen molar-refractivity contribution in [3.8, 4) is 5.75 Å². The topological polar surface area (TPSA) is 46.6 Å². The number of carbonyl (C=O) groups is 2. The van der Waals surface area contributed by atoms with Crippen molar-refractivity contribution in [2.45, 2.75) is 25.2 Å². The zero-order valence-corrected chi connectivity index (χ0v) is 11.4. The third-order valence-electron chi connectivity index (χ3n) is 3.70. The number of methoxy groups -OCH3 is 1. The van der Waals surface area contributed by atoms with Crippen LogP contribution in [0.25, 0.3) is 0 Å². The minimum atomic E-state index is -2.65. The molecule has 0 N–H and O–H groups in total. The van der Waals surface area contributed by atoms with Gasteiger partial charge < -0.3 is 4.74 Å². The molecule has 1 aromatic rings. The zero-order chi connectivity index (χ0) is 15.1. The van der Waals surface area contributed by atoms with Crippen LogP contribution in [0.4, 0.5) is 8.78 Å². The second kappa shape index (κ2) is 4.85. The molecule has 4 nitrogen and oxygen atoms in total. The van der Waals surface area contributed by atoms with Crippen LogP contribution in [0, 0.1) is 0 Å². The Kier molecular flexibility index (Phi) is 3.50. The molecular weight excluding hydrogens is 268 g/mol. The first-order valence-electron chi connectivity index (χ1n) is 6.10. The Morgan fingerprint density at radius 1 is 1.35 bits per heavy atom. The number of ether oxygens (including phenoxy) is 1. The van der Waals surface area contributed by atoms with Crippen molar-refractivity contribution in [3.63, 3.8) is 0 Å². The molecule has 6 heteroatoms. The van der Waals surface area contributed by atoms with E-state index in [1.54, 1.807) is 6.07 Å². The van der Waals surface area contributed by atoms with Crippen LogP contribution in [0.2, 0.25) is 0 Å². The van der Waals surface area contributed by atoms with Gasteiger partial charge >= 0.3 is 0 Å². The van der Waals surface area contributed by atoms with E-state index in [1.165, 1.54) is 33.2 Å². The number of hydrogen-bond acceptors (Lipinski definition) is 3. The summed E-state index contributed by atoms with van der Waals surface area (Å²) in [5.74, 6) is -0.683. The van der Waals surface area contributed by atoms with Crippen LogP contribution in [0.1, 0.15) is 29.3 Å². The van der Waals surface area contributed by atoms with E-state index in [4.69, 9.17) is 4.74 Å². The van der Waals surface area contributed by atoms with Gasteiger partial charge in [-0.05, 0) is 30.7 Å². The minimum absolute atomic E-state index is 0.260. The molecule has 1 aliphatic rings. The van der Waals surface area contributed by atoms with Crippen molar-refractivity contribution < 1.29 is 23.1 Å². The Balaban J connectivity index is 2.66. The lowest BCUT2D eigenvalue weighted by Gasteiger charge is -2.38. The highest BCUT2D eigenvalue weighted by molar-refractivity contribution is 6.12. The smallest absolute Gasteiger partial charge is 0.260 e. The Bertz CT molecular complexity index is 574. The molecule has 108 valence electrons. The van der Waals surface area contributed by atoms with Crippen molar-refractivity contribution in [1.29, 1.82) is 0 Å². The van der Waals surface area contributed by atoms with Crippen LogP contribution in [0.3, 0.4) is 0 Å². The lowest BCUT2D eigenvalue weighted by molar-refractivity contribution is -0.135. The Morgan fingerprint density at radius 3 is 2.55 bits per heavy atom. The van der Waals surface area contributed by atoms with Crippen molar-refractivity contribution >= 4 is 11.8 Å². The van der Waals surface area contributed by atoms with Crippen LogP contribution in [-0.4, -0.2) is 37.3 Å². The molecule has 0 saturated carbocycles.